The Bertz CT molecular complexity index is 1130. The van der Waals surface area contributed by atoms with E-state index in [-0.39, 0.29) is 11.9 Å². The molecule has 0 atom stereocenters. The molecule has 0 amide bonds. The first-order chi connectivity index (χ1) is 18.7. The Balaban J connectivity index is 0.976. The molecule has 2 aromatic carbocycles. The molecule has 38 heavy (non-hydrogen) atoms. The molecule has 4 rings (SSSR count). The first-order valence-corrected chi connectivity index (χ1v) is 13.6. The molecule has 0 aliphatic heterocycles. The highest BCUT2D eigenvalue weighted by atomic mass is 16.5. The molecule has 0 spiro atoms. The average molecular weight is 513 g/mol. The lowest BCUT2D eigenvalue weighted by molar-refractivity contribution is -0.135. The average Bonchev–Trinajstić information content (AvgIpc) is 3.66. The number of unbranched alkanes of at least 4 members (excludes halogenated alkanes) is 7. The van der Waals surface area contributed by atoms with Crippen molar-refractivity contribution in [3.8, 4) is 22.9 Å². The highest BCUT2D eigenvalue weighted by molar-refractivity contribution is 5.72. The van der Waals surface area contributed by atoms with Crippen LogP contribution in [0.2, 0.25) is 0 Å². The van der Waals surface area contributed by atoms with Crippen LogP contribution in [0.1, 0.15) is 64.2 Å². The van der Waals surface area contributed by atoms with Gasteiger partial charge in [-0.15, -0.1) is 0 Å². The van der Waals surface area contributed by atoms with Crippen molar-refractivity contribution in [2.24, 2.45) is 0 Å². The van der Waals surface area contributed by atoms with Gasteiger partial charge in [0.15, 0.2) is 0 Å². The lowest BCUT2D eigenvalue weighted by Crippen LogP contribution is -2.07. The first kappa shape index (κ1) is 27.0. The monoisotopic (exact) mass is 512 g/mol. The Morgan fingerprint density at radius 1 is 0.474 bits per heavy atom. The molecule has 6 nitrogen and oxygen atoms in total. The molecule has 0 radical (unpaired) electrons. The second kappa shape index (κ2) is 14.6. The minimum Gasteiger partial charge on any atom is -0.427 e. The zero-order valence-corrected chi connectivity index (χ0v) is 21.8. The summed E-state index contributed by atoms with van der Waals surface area (Å²) >= 11 is 0. The van der Waals surface area contributed by atoms with Crippen LogP contribution < -0.4 is 9.47 Å². The summed E-state index contributed by atoms with van der Waals surface area (Å²) in [5.74, 6) is 0.811. The van der Waals surface area contributed by atoms with Crippen LogP contribution in [0.15, 0.2) is 97.6 Å². The van der Waals surface area contributed by atoms with Crippen molar-refractivity contribution in [1.82, 2.24) is 9.13 Å². The molecule has 0 aliphatic rings. The van der Waals surface area contributed by atoms with Gasteiger partial charge >= 0.3 is 11.9 Å². The van der Waals surface area contributed by atoms with Crippen LogP contribution in [0.25, 0.3) is 11.4 Å². The second-order valence-electron chi connectivity index (χ2n) is 9.44. The summed E-state index contributed by atoms with van der Waals surface area (Å²) in [6, 6.07) is 23.0. The van der Waals surface area contributed by atoms with E-state index in [4.69, 9.17) is 9.47 Å². The molecule has 4 aromatic rings. The predicted octanol–water partition coefficient (Wildman–Crippen LogP) is 7.68. The Labute approximate surface area is 224 Å². The molecular weight excluding hydrogens is 476 g/mol. The van der Waals surface area contributed by atoms with Crippen LogP contribution in [0.5, 0.6) is 11.5 Å². The number of carbonyl (C=O) groups excluding carboxylic acids is 2. The molecule has 0 saturated carbocycles. The van der Waals surface area contributed by atoms with Crippen molar-refractivity contribution in [2.45, 2.75) is 64.2 Å². The molecule has 0 saturated heterocycles. The van der Waals surface area contributed by atoms with Crippen molar-refractivity contribution in [3.63, 3.8) is 0 Å². The van der Waals surface area contributed by atoms with Crippen LogP contribution in [0.4, 0.5) is 0 Å². The van der Waals surface area contributed by atoms with Gasteiger partial charge in [0.1, 0.15) is 11.5 Å². The zero-order valence-electron chi connectivity index (χ0n) is 21.8. The van der Waals surface area contributed by atoms with E-state index in [1.807, 2.05) is 107 Å². The fourth-order valence-corrected chi connectivity index (χ4v) is 4.35. The van der Waals surface area contributed by atoms with E-state index in [0.29, 0.717) is 24.3 Å². The van der Waals surface area contributed by atoms with Crippen LogP contribution in [-0.4, -0.2) is 21.1 Å². The van der Waals surface area contributed by atoms with Gasteiger partial charge in [-0.3, -0.25) is 9.59 Å². The van der Waals surface area contributed by atoms with Gasteiger partial charge < -0.3 is 18.6 Å². The van der Waals surface area contributed by atoms with Crippen LogP contribution in [0, 0.1) is 0 Å². The SMILES string of the molecule is O=C(CCCCCCCCCCC(=O)Oc1ccc(-n2cccc2)cc1)Oc1ccc(-n2cccc2)cc1. The van der Waals surface area contributed by atoms with Crippen molar-refractivity contribution < 1.29 is 19.1 Å². The number of hydrogen-bond donors (Lipinski definition) is 0. The third kappa shape index (κ3) is 8.80. The fourth-order valence-electron chi connectivity index (χ4n) is 4.35. The van der Waals surface area contributed by atoms with Gasteiger partial charge in [0.2, 0.25) is 0 Å². The summed E-state index contributed by atoms with van der Waals surface area (Å²) in [5.41, 5.74) is 2.06. The van der Waals surface area contributed by atoms with E-state index in [9.17, 15) is 9.59 Å². The molecule has 0 aliphatic carbocycles. The molecule has 0 N–H and O–H groups in total. The highest BCUT2D eigenvalue weighted by Crippen LogP contribution is 2.18. The Kier molecular flexibility index (Phi) is 10.4. The standard InChI is InChI=1S/C32H36N2O4/c35-31(37-29-19-15-27(16-20-29)33-23-9-10-24-33)13-7-5-3-1-2-4-6-8-14-32(36)38-30-21-17-28(18-22-30)34-25-11-12-26-34/h9-12,15-26H,1-8,13-14H2. The normalized spacial score (nSPS) is 10.8. The van der Waals surface area contributed by atoms with Gasteiger partial charge in [0, 0.05) is 49.0 Å². The molecular formula is C32H36N2O4. The minimum absolute atomic E-state index is 0.178. The third-order valence-corrected chi connectivity index (χ3v) is 6.45. The highest BCUT2D eigenvalue weighted by Gasteiger charge is 2.07. The van der Waals surface area contributed by atoms with Crippen molar-refractivity contribution in [2.75, 3.05) is 0 Å². The number of ether oxygens (including phenoxy) is 2. The maximum Gasteiger partial charge on any atom is 0.311 e. The molecule has 2 heterocycles. The molecule has 198 valence electrons. The number of benzene rings is 2. The second-order valence-corrected chi connectivity index (χ2v) is 9.44. The van der Waals surface area contributed by atoms with Gasteiger partial charge in [-0.2, -0.15) is 0 Å². The maximum atomic E-state index is 12.1. The van der Waals surface area contributed by atoms with Crippen molar-refractivity contribution >= 4 is 11.9 Å². The van der Waals surface area contributed by atoms with Gasteiger partial charge in [-0.1, -0.05) is 38.5 Å². The molecule has 2 aromatic heterocycles. The van der Waals surface area contributed by atoms with Crippen molar-refractivity contribution in [3.05, 3.63) is 97.6 Å². The van der Waals surface area contributed by atoms with E-state index in [2.05, 4.69) is 0 Å². The van der Waals surface area contributed by atoms with Gasteiger partial charge in [0.25, 0.3) is 0 Å². The summed E-state index contributed by atoms with van der Waals surface area (Å²) in [4.78, 5) is 24.2. The predicted molar refractivity (Wildman–Crippen MR) is 149 cm³/mol. The van der Waals surface area contributed by atoms with Gasteiger partial charge in [0.05, 0.1) is 0 Å². The van der Waals surface area contributed by atoms with E-state index in [1.165, 1.54) is 0 Å². The minimum atomic E-state index is -0.178. The number of esters is 2. The Hall–Kier alpha value is -4.06. The van der Waals surface area contributed by atoms with Crippen LogP contribution >= 0.6 is 0 Å². The lowest BCUT2D eigenvalue weighted by Gasteiger charge is -2.07. The summed E-state index contributed by atoms with van der Waals surface area (Å²) < 4.78 is 14.9. The van der Waals surface area contributed by atoms with Crippen LogP contribution in [-0.2, 0) is 9.59 Å². The van der Waals surface area contributed by atoms with E-state index >= 15 is 0 Å². The molecule has 0 unspecified atom stereocenters. The topological polar surface area (TPSA) is 62.5 Å². The van der Waals surface area contributed by atoms with E-state index in [0.717, 1.165) is 62.7 Å². The number of hydrogen-bond acceptors (Lipinski definition) is 4. The summed E-state index contributed by atoms with van der Waals surface area (Å²) in [7, 11) is 0. The Morgan fingerprint density at radius 2 is 0.789 bits per heavy atom. The van der Waals surface area contributed by atoms with Crippen molar-refractivity contribution in [1.29, 1.82) is 0 Å². The Morgan fingerprint density at radius 3 is 1.13 bits per heavy atom. The maximum absolute atomic E-state index is 12.1. The smallest absolute Gasteiger partial charge is 0.311 e. The number of aromatic nitrogens is 2. The largest absolute Gasteiger partial charge is 0.427 e. The van der Waals surface area contributed by atoms with E-state index < -0.39 is 0 Å². The number of rotatable bonds is 15. The van der Waals surface area contributed by atoms with Gasteiger partial charge in [-0.05, 0) is 85.6 Å². The number of carbonyl (C=O) groups is 2. The van der Waals surface area contributed by atoms with Gasteiger partial charge in [-0.25, -0.2) is 0 Å². The summed E-state index contributed by atoms with van der Waals surface area (Å²) in [6.45, 7) is 0. The van der Waals surface area contributed by atoms with E-state index in [1.54, 1.807) is 0 Å². The zero-order chi connectivity index (χ0) is 26.4. The molecule has 0 bridgehead atoms. The number of nitrogens with zero attached hydrogens (tertiary/aromatic N) is 2. The molecule has 0 fully saturated rings. The summed E-state index contributed by atoms with van der Waals surface area (Å²) in [6.07, 6.45) is 17.0. The fraction of sp³-hybridized carbons (Fsp3) is 0.312. The third-order valence-electron chi connectivity index (χ3n) is 6.45. The first-order valence-electron chi connectivity index (χ1n) is 13.6. The quantitative estimate of drug-likeness (QED) is 0.0931. The van der Waals surface area contributed by atoms with Crippen LogP contribution in [0.3, 0.4) is 0 Å². The molecule has 6 heteroatoms. The summed E-state index contributed by atoms with van der Waals surface area (Å²) in [5, 5.41) is 0. The lowest BCUT2D eigenvalue weighted by atomic mass is 10.1.